The van der Waals surface area contributed by atoms with E-state index in [0.29, 0.717) is 32.7 Å². The van der Waals surface area contributed by atoms with Gasteiger partial charge < -0.3 is 14.2 Å². The fourth-order valence-corrected chi connectivity index (χ4v) is 6.93. The van der Waals surface area contributed by atoms with Gasteiger partial charge in [0.25, 0.3) is 11.4 Å². The summed E-state index contributed by atoms with van der Waals surface area (Å²) in [6, 6.07) is 16.5. The lowest BCUT2D eigenvalue weighted by molar-refractivity contribution is -0.384. The van der Waals surface area contributed by atoms with E-state index in [1.54, 1.807) is 122 Å². The summed E-state index contributed by atoms with van der Waals surface area (Å²) >= 11 is 0. The molecule has 0 radical (unpaired) electrons. The molecule has 3 amide bonds. The number of rotatable bonds is 6. The molecule has 1 N–H and O–H groups in total. The van der Waals surface area contributed by atoms with Crippen LogP contribution in [-0.2, 0) is 14.2 Å². The highest BCUT2D eigenvalue weighted by Crippen LogP contribution is 2.39. The normalized spacial score (nSPS) is 11.8. The quantitative estimate of drug-likeness (QED) is 0.0927. The molecule has 8 aromatic rings. The van der Waals surface area contributed by atoms with E-state index >= 15 is 0 Å². The number of ether oxygens (including phenoxy) is 3. The van der Waals surface area contributed by atoms with Crippen LogP contribution in [-0.4, -0.2) is 74.0 Å². The van der Waals surface area contributed by atoms with Crippen molar-refractivity contribution in [2.24, 2.45) is 0 Å². The number of benzene rings is 2. The number of fused-ring (bicyclic) bond motifs is 4. The van der Waals surface area contributed by atoms with E-state index < -0.39 is 50.6 Å². The van der Waals surface area contributed by atoms with E-state index in [1.807, 2.05) is 35.0 Å². The maximum Gasteiger partial charge on any atom is 0.424 e. The largest absolute Gasteiger partial charge is 0.444 e. The van der Waals surface area contributed by atoms with Crippen molar-refractivity contribution in [2.45, 2.75) is 79.1 Å². The lowest BCUT2D eigenvalue weighted by Gasteiger charge is -2.29. The van der Waals surface area contributed by atoms with Crippen LogP contribution in [0.5, 0.6) is 0 Å². The molecule has 344 valence electrons. The molecule has 0 saturated carbocycles. The minimum atomic E-state index is -1.11. The Kier molecular flexibility index (Phi) is 12.3. The standard InChI is InChI=1S/C26H27N5O6.C21H19N5O4/c1-25(2,3)36-23(32)30(24(33)37-26(4,5)6)22-18-13-21(28-14-17(18)7-8-19(22)31(34)35)29-12-10-16-9-11-27-15-20(16)29;1-21(2,3)30-20(27)24-19-15-10-18(23-11-14(15)4-5-16(19)26(28)29)25-9-7-13-6-8-22-12-17(13)25/h7-15H,1-6H3;4-12H,1-3H3,(H,24,27). The number of nitro benzene ring substituents is 2. The van der Waals surface area contributed by atoms with Crippen molar-refractivity contribution < 1.29 is 38.4 Å². The number of nitrogens with zero attached hydrogens (tertiary/aromatic N) is 9. The van der Waals surface area contributed by atoms with E-state index in [9.17, 15) is 34.6 Å². The Labute approximate surface area is 382 Å². The molecular formula is C47H46N10O10. The molecule has 6 aromatic heterocycles. The Morgan fingerprint density at radius 1 is 0.582 bits per heavy atom. The van der Waals surface area contributed by atoms with Gasteiger partial charge in [0.15, 0.2) is 0 Å². The number of aromatic nitrogens is 6. The Morgan fingerprint density at radius 2 is 1.03 bits per heavy atom. The summed E-state index contributed by atoms with van der Waals surface area (Å²) in [5, 5.41) is 30.0. The fraction of sp³-hybridized carbons (Fsp3) is 0.255. The van der Waals surface area contributed by atoms with Crippen molar-refractivity contribution in [1.29, 1.82) is 0 Å². The first kappa shape index (κ1) is 46.4. The molecule has 0 bridgehead atoms. The summed E-state index contributed by atoms with van der Waals surface area (Å²) in [6.45, 7) is 14.9. The predicted octanol–water partition coefficient (Wildman–Crippen LogP) is 11.0. The third kappa shape index (κ3) is 10.4. The average molecular weight is 911 g/mol. The molecule has 0 saturated heterocycles. The van der Waals surface area contributed by atoms with Gasteiger partial charge >= 0.3 is 18.3 Å². The van der Waals surface area contributed by atoms with Crippen LogP contribution in [0.25, 0.3) is 55.0 Å². The molecule has 0 unspecified atom stereocenters. The molecule has 20 heteroatoms. The number of nitro groups is 2. The maximum atomic E-state index is 13.3. The van der Waals surface area contributed by atoms with E-state index in [1.165, 1.54) is 24.4 Å². The van der Waals surface area contributed by atoms with Crippen molar-refractivity contribution >= 4 is 84.4 Å². The number of pyridine rings is 4. The second kappa shape index (κ2) is 17.8. The highest BCUT2D eigenvalue weighted by atomic mass is 16.6. The first-order valence-electron chi connectivity index (χ1n) is 20.7. The smallest absolute Gasteiger partial charge is 0.424 e. The highest BCUT2D eigenvalue weighted by Gasteiger charge is 2.38. The summed E-state index contributed by atoms with van der Waals surface area (Å²) < 4.78 is 19.8. The zero-order valence-corrected chi connectivity index (χ0v) is 38.0. The van der Waals surface area contributed by atoms with Crippen LogP contribution in [0.1, 0.15) is 62.3 Å². The Morgan fingerprint density at radius 3 is 1.49 bits per heavy atom. The summed E-state index contributed by atoms with van der Waals surface area (Å²) in [4.78, 5) is 79.4. The van der Waals surface area contributed by atoms with Crippen molar-refractivity contribution in [1.82, 2.24) is 29.1 Å². The molecular weight excluding hydrogens is 865 g/mol. The molecule has 6 heterocycles. The topological polar surface area (TPSA) is 242 Å². The third-order valence-electron chi connectivity index (χ3n) is 9.59. The minimum Gasteiger partial charge on any atom is -0.444 e. The Hall–Kier alpha value is -8.55. The van der Waals surface area contributed by atoms with Crippen LogP contribution in [0, 0.1) is 20.2 Å². The van der Waals surface area contributed by atoms with E-state index in [4.69, 9.17) is 14.2 Å². The van der Waals surface area contributed by atoms with Gasteiger partial charge in [-0.05, 0) is 111 Å². The Balaban J connectivity index is 0.000000203. The van der Waals surface area contributed by atoms with Gasteiger partial charge in [0.2, 0.25) is 0 Å². The monoisotopic (exact) mass is 910 g/mol. The number of amides is 3. The van der Waals surface area contributed by atoms with Crippen molar-refractivity contribution in [2.75, 3.05) is 10.2 Å². The Bertz CT molecular complexity index is 3220. The summed E-state index contributed by atoms with van der Waals surface area (Å²) in [5.41, 5.74) is -2.03. The minimum absolute atomic E-state index is 0.0602. The third-order valence-corrected chi connectivity index (χ3v) is 9.59. The number of carbonyl (C=O) groups excluding carboxylic acids is 3. The molecule has 0 aliphatic heterocycles. The first-order valence-corrected chi connectivity index (χ1v) is 20.7. The summed E-state index contributed by atoms with van der Waals surface area (Å²) in [7, 11) is 0. The van der Waals surface area contributed by atoms with Gasteiger partial charge in [-0.25, -0.2) is 24.4 Å². The molecule has 20 nitrogen and oxygen atoms in total. The van der Waals surface area contributed by atoms with Gasteiger partial charge in [-0.15, -0.1) is 0 Å². The molecule has 0 spiro atoms. The zero-order valence-electron chi connectivity index (χ0n) is 38.0. The van der Waals surface area contributed by atoms with E-state index in [-0.39, 0.29) is 22.4 Å². The van der Waals surface area contributed by atoms with Crippen LogP contribution >= 0.6 is 0 Å². The molecule has 0 fully saturated rings. The molecule has 2 aromatic carbocycles. The number of hydrogen-bond acceptors (Lipinski definition) is 14. The van der Waals surface area contributed by atoms with Gasteiger partial charge in [-0.1, -0.05) is 0 Å². The van der Waals surface area contributed by atoms with Gasteiger partial charge in [-0.3, -0.25) is 44.6 Å². The van der Waals surface area contributed by atoms with Crippen LogP contribution in [0.3, 0.4) is 0 Å². The zero-order chi connectivity index (χ0) is 48.6. The SMILES string of the molecule is CC(C)(C)OC(=O)N(C(=O)OC(C)(C)C)c1c([N+](=O)[O-])ccc2cnc(-n3ccc4ccncc43)cc12.CC(C)(C)OC(=O)Nc1c([N+](=O)[O-])ccc2cnc(-n3ccc4ccncc43)cc12. The van der Waals surface area contributed by atoms with Crippen LogP contribution in [0.2, 0.25) is 0 Å². The second-order valence-electron chi connectivity index (χ2n) is 18.1. The van der Waals surface area contributed by atoms with Crippen molar-refractivity contribution in [3.8, 4) is 11.6 Å². The number of nitrogens with one attached hydrogen (secondary N) is 1. The first-order chi connectivity index (χ1) is 31.5. The van der Waals surface area contributed by atoms with Crippen molar-refractivity contribution in [3.05, 3.63) is 130 Å². The molecule has 67 heavy (non-hydrogen) atoms. The lowest BCUT2D eigenvalue weighted by Crippen LogP contribution is -2.44. The van der Waals surface area contributed by atoms with Gasteiger partial charge in [-0.2, -0.15) is 4.90 Å². The number of anilines is 2. The lowest BCUT2D eigenvalue weighted by atomic mass is 10.1. The predicted molar refractivity (Wildman–Crippen MR) is 251 cm³/mol. The molecule has 0 aliphatic rings. The van der Waals surface area contributed by atoms with E-state index in [2.05, 4.69) is 25.3 Å². The number of imide groups is 1. The van der Waals surface area contributed by atoms with Crippen LogP contribution < -0.4 is 10.2 Å². The fourth-order valence-electron chi connectivity index (χ4n) is 6.93. The maximum absolute atomic E-state index is 13.3. The van der Waals surface area contributed by atoms with Gasteiger partial charge in [0.05, 0.1) is 33.3 Å². The average Bonchev–Trinajstić information content (AvgIpc) is 3.87. The highest BCUT2D eigenvalue weighted by molar-refractivity contribution is 6.17. The van der Waals surface area contributed by atoms with Gasteiger partial charge in [0, 0.05) is 81.6 Å². The van der Waals surface area contributed by atoms with Gasteiger partial charge in [0.1, 0.15) is 39.8 Å². The van der Waals surface area contributed by atoms with E-state index in [0.717, 1.165) is 21.8 Å². The molecule has 0 aliphatic carbocycles. The van der Waals surface area contributed by atoms with Crippen LogP contribution in [0.15, 0.2) is 110 Å². The number of carbonyl (C=O) groups is 3. The molecule has 0 atom stereocenters. The molecule has 8 rings (SSSR count). The van der Waals surface area contributed by atoms with Crippen LogP contribution in [0.4, 0.5) is 37.1 Å². The van der Waals surface area contributed by atoms with Crippen molar-refractivity contribution in [3.63, 3.8) is 0 Å². The summed E-state index contributed by atoms with van der Waals surface area (Å²) in [5.74, 6) is 0.948. The number of hydrogen-bond donors (Lipinski definition) is 1. The summed E-state index contributed by atoms with van der Waals surface area (Å²) in [6.07, 6.45) is 10.5. The second-order valence-corrected chi connectivity index (χ2v) is 18.1.